The van der Waals surface area contributed by atoms with E-state index in [2.05, 4.69) is 10.6 Å². The van der Waals surface area contributed by atoms with Crippen molar-refractivity contribution in [3.8, 4) is 11.5 Å². The van der Waals surface area contributed by atoms with E-state index in [9.17, 15) is 14.4 Å². The van der Waals surface area contributed by atoms with Crippen LogP contribution >= 0.6 is 0 Å². The topological polar surface area (TPSA) is 93.7 Å². The maximum Gasteiger partial charge on any atom is 0.321 e. The molecule has 2 N–H and O–H groups in total. The van der Waals surface area contributed by atoms with E-state index in [0.717, 1.165) is 5.56 Å². The molecule has 31 heavy (non-hydrogen) atoms. The first-order valence-electron chi connectivity index (χ1n) is 9.76. The van der Waals surface area contributed by atoms with Crippen molar-refractivity contribution in [1.82, 2.24) is 10.6 Å². The summed E-state index contributed by atoms with van der Waals surface area (Å²) in [6, 6.07) is 23.0. The molecule has 0 saturated carbocycles. The number of amides is 3. The Labute approximate surface area is 179 Å². The zero-order chi connectivity index (χ0) is 21.6. The van der Waals surface area contributed by atoms with Gasteiger partial charge in [0.25, 0.3) is 5.91 Å². The van der Waals surface area contributed by atoms with Crippen LogP contribution in [-0.2, 0) is 20.9 Å². The average Bonchev–Trinajstić information content (AvgIpc) is 2.80. The van der Waals surface area contributed by atoms with Crippen LogP contribution in [0.5, 0.6) is 11.5 Å². The molecule has 7 heteroatoms. The van der Waals surface area contributed by atoms with Crippen molar-refractivity contribution in [2.24, 2.45) is 0 Å². The number of imide groups is 1. The predicted molar refractivity (Wildman–Crippen MR) is 113 cm³/mol. The Bertz CT molecular complexity index is 1070. The molecule has 0 unspecified atom stereocenters. The van der Waals surface area contributed by atoms with Crippen LogP contribution in [0, 0.1) is 0 Å². The van der Waals surface area contributed by atoms with Crippen molar-refractivity contribution in [3.63, 3.8) is 0 Å². The van der Waals surface area contributed by atoms with E-state index in [1.54, 1.807) is 36.4 Å². The molecule has 3 amide bonds. The van der Waals surface area contributed by atoms with Gasteiger partial charge >= 0.3 is 12.0 Å². The van der Waals surface area contributed by atoms with Gasteiger partial charge in [-0.05, 0) is 17.7 Å². The molecule has 1 aliphatic rings. The number of carbonyl (C=O) groups is 3. The average molecular weight is 416 g/mol. The summed E-state index contributed by atoms with van der Waals surface area (Å²) in [6.45, 7) is -0.297. The van der Waals surface area contributed by atoms with E-state index in [4.69, 9.17) is 9.47 Å². The Hall–Kier alpha value is -4.13. The molecule has 1 heterocycles. The largest absolute Gasteiger partial charge is 0.457 e. The molecule has 1 aliphatic heterocycles. The Morgan fingerprint density at radius 2 is 1.39 bits per heavy atom. The fourth-order valence-electron chi connectivity index (χ4n) is 3.37. The second kappa shape index (κ2) is 9.13. The number of nitrogens with one attached hydrogen (secondary N) is 2. The molecule has 0 saturated heterocycles. The van der Waals surface area contributed by atoms with Crippen LogP contribution in [0.4, 0.5) is 4.79 Å². The van der Waals surface area contributed by atoms with Crippen molar-refractivity contribution < 1.29 is 23.9 Å². The van der Waals surface area contributed by atoms with Crippen molar-refractivity contribution in [2.75, 3.05) is 6.61 Å². The van der Waals surface area contributed by atoms with Gasteiger partial charge in [0.15, 0.2) is 6.61 Å². The summed E-state index contributed by atoms with van der Waals surface area (Å²) in [6.07, 6.45) is 0. The minimum atomic E-state index is -0.721. The van der Waals surface area contributed by atoms with Gasteiger partial charge in [-0.25, -0.2) is 4.79 Å². The summed E-state index contributed by atoms with van der Waals surface area (Å²) >= 11 is 0. The lowest BCUT2D eigenvalue weighted by Gasteiger charge is -2.26. The lowest BCUT2D eigenvalue weighted by molar-refractivity contribution is -0.149. The highest BCUT2D eigenvalue weighted by Gasteiger charge is 2.33. The van der Waals surface area contributed by atoms with Crippen molar-refractivity contribution in [1.29, 1.82) is 0 Å². The van der Waals surface area contributed by atoms with E-state index in [1.807, 2.05) is 42.5 Å². The van der Waals surface area contributed by atoms with E-state index < -0.39 is 30.4 Å². The summed E-state index contributed by atoms with van der Waals surface area (Å²) in [7, 11) is 0. The number of hydrogen-bond donors (Lipinski definition) is 2. The number of esters is 1. The van der Waals surface area contributed by atoms with Gasteiger partial charge in [0, 0.05) is 17.7 Å². The molecular weight excluding hydrogens is 396 g/mol. The van der Waals surface area contributed by atoms with Crippen molar-refractivity contribution in [2.45, 2.75) is 12.5 Å². The van der Waals surface area contributed by atoms with Gasteiger partial charge in [0.05, 0.1) is 0 Å². The van der Waals surface area contributed by atoms with E-state index in [1.165, 1.54) is 0 Å². The smallest absolute Gasteiger partial charge is 0.321 e. The monoisotopic (exact) mass is 416 g/mol. The van der Waals surface area contributed by atoms with Gasteiger partial charge in [-0.2, -0.15) is 0 Å². The molecule has 7 nitrogen and oxygen atoms in total. The van der Waals surface area contributed by atoms with E-state index >= 15 is 0 Å². The van der Waals surface area contributed by atoms with Gasteiger partial charge in [0.2, 0.25) is 0 Å². The molecule has 0 radical (unpaired) electrons. The summed E-state index contributed by atoms with van der Waals surface area (Å²) < 4.78 is 11.1. The zero-order valence-corrected chi connectivity index (χ0v) is 16.5. The molecular formula is C24H20N2O5. The quantitative estimate of drug-likeness (QED) is 0.621. The number of carbonyl (C=O) groups excluding carboxylic acids is 3. The number of hydrogen-bond acceptors (Lipinski definition) is 5. The normalized spacial score (nSPS) is 12.0. The first-order valence-corrected chi connectivity index (χ1v) is 9.76. The first-order chi connectivity index (χ1) is 15.1. The summed E-state index contributed by atoms with van der Waals surface area (Å²) in [5.41, 5.74) is 2.22. The van der Waals surface area contributed by atoms with Gasteiger partial charge in [-0.1, -0.05) is 66.7 Å². The molecule has 3 aromatic carbocycles. The molecule has 4 rings (SSSR count). The third kappa shape index (κ3) is 4.72. The van der Waals surface area contributed by atoms with Gasteiger partial charge < -0.3 is 14.8 Å². The van der Waals surface area contributed by atoms with E-state index in [-0.39, 0.29) is 6.54 Å². The highest BCUT2D eigenvalue weighted by atomic mass is 16.5. The van der Waals surface area contributed by atoms with Gasteiger partial charge in [-0.15, -0.1) is 0 Å². The SMILES string of the molecule is O=C(COC(=O)C1c2ccccc2Oc2ccccc21)NC(=O)NCc1ccccc1. The zero-order valence-electron chi connectivity index (χ0n) is 16.5. The minimum Gasteiger partial charge on any atom is -0.457 e. The van der Waals surface area contributed by atoms with E-state index in [0.29, 0.717) is 22.6 Å². The molecule has 0 atom stereocenters. The molecule has 0 bridgehead atoms. The number of benzene rings is 3. The van der Waals surface area contributed by atoms with Crippen LogP contribution in [0.2, 0.25) is 0 Å². The fourth-order valence-corrected chi connectivity index (χ4v) is 3.37. The minimum absolute atomic E-state index is 0.273. The molecule has 0 aromatic heterocycles. The maximum atomic E-state index is 12.9. The highest BCUT2D eigenvalue weighted by molar-refractivity contribution is 5.96. The highest BCUT2D eigenvalue weighted by Crippen LogP contribution is 2.44. The fraction of sp³-hybridized carbons (Fsp3) is 0.125. The maximum absolute atomic E-state index is 12.9. The molecule has 0 spiro atoms. The van der Waals surface area contributed by atoms with Crippen molar-refractivity contribution in [3.05, 3.63) is 95.6 Å². The lowest BCUT2D eigenvalue weighted by atomic mass is 9.88. The van der Waals surface area contributed by atoms with Crippen LogP contribution in [0.15, 0.2) is 78.9 Å². The molecule has 0 aliphatic carbocycles. The molecule has 3 aromatic rings. The van der Waals surface area contributed by atoms with Crippen LogP contribution in [-0.4, -0.2) is 24.5 Å². The number of rotatable bonds is 5. The lowest BCUT2D eigenvalue weighted by Crippen LogP contribution is -2.41. The van der Waals surface area contributed by atoms with Crippen LogP contribution in [0.25, 0.3) is 0 Å². The number of para-hydroxylation sites is 2. The second-order valence-electron chi connectivity index (χ2n) is 6.93. The van der Waals surface area contributed by atoms with Crippen LogP contribution in [0.1, 0.15) is 22.6 Å². The Morgan fingerprint density at radius 3 is 2.03 bits per heavy atom. The molecule has 156 valence electrons. The second-order valence-corrected chi connectivity index (χ2v) is 6.93. The predicted octanol–water partition coefficient (Wildman–Crippen LogP) is 3.49. The number of ether oxygens (including phenoxy) is 2. The summed E-state index contributed by atoms with van der Waals surface area (Å²) in [4.78, 5) is 36.8. The Balaban J connectivity index is 1.36. The molecule has 0 fully saturated rings. The Morgan fingerprint density at radius 1 is 0.806 bits per heavy atom. The van der Waals surface area contributed by atoms with Gasteiger partial charge in [-0.3, -0.25) is 14.9 Å². The summed E-state index contributed by atoms with van der Waals surface area (Å²) in [5.74, 6) is -0.905. The van der Waals surface area contributed by atoms with Crippen molar-refractivity contribution >= 4 is 17.9 Å². The third-order valence-electron chi connectivity index (χ3n) is 4.81. The first kappa shape index (κ1) is 20.2. The van der Waals surface area contributed by atoms with Crippen LogP contribution < -0.4 is 15.4 Å². The third-order valence-corrected chi connectivity index (χ3v) is 4.81. The van der Waals surface area contributed by atoms with Gasteiger partial charge in [0.1, 0.15) is 17.4 Å². The van der Waals surface area contributed by atoms with Crippen LogP contribution in [0.3, 0.4) is 0 Å². The summed E-state index contributed by atoms with van der Waals surface area (Å²) in [5, 5.41) is 4.73. The number of urea groups is 1. The number of fused-ring (bicyclic) bond motifs is 2. The standard InChI is InChI=1S/C24H20N2O5/c27-21(26-24(29)25-14-16-8-2-1-3-9-16)15-30-23(28)22-17-10-4-6-12-19(17)31-20-13-7-5-11-18(20)22/h1-13,22H,14-15H2,(H2,25,26,27,29). The Kier molecular flexibility index (Phi) is 5.93.